The molecule has 0 saturated carbocycles. The van der Waals surface area contributed by atoms with E-state index in [1.807, 2.05) is 0 Å². The molecular formula is C9H12F3N3. The van der Waals surface area contributed by atoms with Crippen LogP contribution >= 0.6 is 0 Å². The molecule has 3 nitrogen and oxygen atoms in total. The van der Waals surface area contributed by atoms with Crippen LogP contribution in [0.5, 0.6) is 0 Å². The van der Waals surface area contributed by atoms with Crippen molar-refractivity contribution in [3.05, 3.63) is 17.5 Å². The van der Waals surface area contributed by atoms with Gasteiger partial charge in [0.1, 0.15) is 0 Å². The van der Waals surface area contributed by atoms with Crippen molar-refractivity contribution in [3.63, 3.8) is 0 Å². The normalized spacial score (nSPS) is 17.9. The summed E-state index contributed by atoms with van der Waals surface area (Å²) in [5.41, 5.74) is -0.152. The van der Waals surface area contributed by atoms with E-state index in [9.17, 15) is 13.2 Å². The summed E-state index contributed by atoms with van der Waals surface area (Å²) in [6, 6.07) is 1.14. The smallest absolute Gasteiger partial charge is 0.316 e. The van der Waals surface area contributed by atoms with Crippen LogP contribution in [0.2, 0.25) is 0 Å². The highest BCUT2D eigenvalue weighted by Crippen LogP contribution is 2.29. The lowest BCUT2D eigenvalue weighted by molar-refractivity contribution is -0.141. The second kappa shape index (κ2) is 3.52. The van der Waals surface area contributed by atoms with Gasteiger partial charge in [-0.25, -0.2) is 0 Å². The maximum Gasteiger partial charge on any atom is 0.435 e. The van der Waals surface area contributed by atoms with E-state index in [0.717, 1.165) is 19.2 Å². The van der Waals surface area contributed by atoms with Crippen LogP contribution in [0.15, 0.2) is 6.07 Å². The number of hydrogen-bond acceptors (Lipinski definition) is 2. The predicted molar refractivity (Wildman–Crippen MR) is 48.3 cm³/mol. The first kappa shape index (κ1) is 10.5. The lowest BCUT2D eigenvalue weighted by Crippen LogP contribution is -2.43. The fourth-order valence-electron chi connectivity index (χ4n) is 1.62. The summed E-state index contributed by atoms with van der Waals surface area (Å²) >= 11 is 0. The van der Waals surface area contributed by atoms with E-state index in [1.165, 1.54) is 4.68 Å². The first-order valence-corrected chi connectivity index (χ1v) is 4.77. The van der Waals surface area contributed by atoms with Gasteiger partial charge in [0.05, 0.1) is 0 Å². The summed E-state index contributed by atoms with van der Waals surface area (Å²) in [6.07, 6.45) is -3.68. The number of hydrogen-bond donors (Lipinski definition) is 1. The Morgan fingerprint density at radius 3 is 2.60 bits per heavy atom. The Morgan fingerprint density at radius 2 is 2.20 bits per heavy atom. The molecule has 84 valence electrons. The van der Waals surface area contributed by atoms with Gasteiger partial charge in [0.2, 0.25) is 0 Å². The molecule has 1 aromatic rings. The van der Waals surface area contributed by atoms with Crippen molar-refractivity contribution in [1.29, 1.82) is 0 Å². The van der Waals surface area contributed by atoms with Crippen LogP contribution < -0.4 is 5.32 Å². The molecule has 0 atom stereocenters. The Kier molecular flexibility index (Phi) is 2.46. The van der Waals surface area contributed by atoms with Gasteiger partial charge in [-0.3, -0.25) is 4.68 Å². The molecule has 2 rings (SSSR count). The van der Waals surface area contributed by atoms with E-state index < -0.39 is 11.9 Å². The number of halogens is 3. The molecular weight excluding hydrogens is 207 g/mol. The first-order chi connectivity index (χ1) is 6.97. The number of aryl methyl sites for hydroxylation is 1. The summed E-state index contributed by atoms with van der Waals surface area (Å²) in [7, 11) is 1.55. The number of nitrogens with zero attached hydrogens (tertiary/aromatic N) is 2. The summed E-state index contributed by atoms with van der Waals surface area (Å²) in [4.78, 5) is 0. The zero-order chi connectivity index (χ0) is 11.1. The lowest BCUT2D eigenvalue weighted by atomic mass is 9.97. The standard InChI is InChI=1S/C9H12F3N3/c1-15-7(2-6-4-13-5-6)3-8(14-15)9(10,11)12/h3,6,13H,2,4-5H2,1H3. The second-order valence-electron chi connectivity index (χ2n) is 3.87. The van der Waals surface area contributed by atoms with Gasteiger partial charge in [0.25, 0.3) is 0 Å². The molecule has 1 aliphatic heterocycles. The highest BCUT2D eigenvalue weighted by atomic mass is 19.4. The van der Waals surface area contributed by atoms with Crippen molar-refractivity contribution < 1.29 is 13.2 Å². The largest absolute Gasteiger partial charge is 0.435 e. The average molecular weight is 219 g/mol. The van der Waals surface area contributed by atoms with E-state index in [4.69, 9.17) is 0 Å². The van der Waals surface area contributed by atoms with Gasteiger partial charge in [0, 0.05) is 12.7 Å². The number of rotatable bonds is 2. The number of aromatic nitrogens is 2. The first-order valence-electron chi connectivity index (χ1n) is 4.77. The highest BCUT2D eigenvalue weighted by molar-refractivity contribution is 5.14. The molecule has 0 bridgehead atoms. The van der Waals surface area contributed by atoms with Crippen LogP contribution in [-0.2, 0) is 19.6 Å². The van der Waals surface area contributed by atoms with Gasteiger partial charge in [-0.05, 0) is 31.5 Å². The third kappa shape index (κ3) is 2.14. The topological polar surface area (TPSA) is 29.9 Å². The van der Waals surface area contributed by atoms with Gasteiger partial charge >= 0.3 is 6.18 Å². The Balaban J connectivity index is 2.13. The Labute approximate surface area is 85.3 Å². The maximum absolute atomic E-state index is 12.3. The molecule has 0 radical (unpaired) electrons. The summed E-state index contributed by atoms with van der Waals surface area (Å²) < 4.78 is 38.3. The molecule has 0 aromatic carbocycles. The van der Waals surface area contributed by atoms with Crippen LogP contribution in [0, 0.1) is 5.92 Å². The van der Waals surface area contributed by atoms with E-state index in [0.29, 0.717) is 18.0 Å². The Bertz CT molecular complexity index is 352. The molecule has 0 unspecified atom stereocenters. The maximum atomic E-state index is 12.3. The Morgan fingerprint density at radius 1 is 1.53 bits per heavy atom. The number of alkyl halides is 3. The zero-order valence-electron chi connectivity index (χ0n) is 8.30. The van der Waals surface area contributed by atoms with Crippen molar-refractivity contribution in [2.24, 2.45) is 13.0 Å². The molecule has 1 aliphatic rings. The molecule has 15 heavy (non-hydrogen) atoms. The van der Waals surface area contributed by atoms with E-state index >= 15 is 0 Å². The van der Waals surface area contributed by atoms with Gasteiger partial charge in [0.15, 0.2) is 5.69 Å². The Hall–Kier alpha value is -1.04. The van der Waals surface area contributed by atoms with E-state index in [1.54, 1.807) is 7.05 Å². The summed E-state index contributed by atoms with van der Waals surface area (Å²) in [5, 5.41) is 6.55. The van der Waals surface area contributed by atoms with E-state index in [-0.39, 0.29) is 0 Å². The SMILES string of the molecule is Cn1nc(C(F)(F)F)cc1CC1CNC1. The van der Waals surface area contributed by atoms with Gasteiger partial charge in [-0.15, -0.1) is 0 Å². The quantitative estimate of drug-likeness (QED) is 0.810. The van der Waals surface area contributed by atoms with Gasteiger partial charge in [-0.1, -0.05) is 0 Å². The monoisotopic (exact) mass is 219 g/mol. The van der Waals surface area contributed by atoms with Crippen molar-refractivity contribution in [2.75, 3.05) is 13.1 Å². The number of nitrogens with one attached hydrogen (secondary N) is 1. The lowest BCUT2D eigenvalue weighted by Gasteiger charge is -2.26. The third-order valence-electron chi connectivity index (χ3n) is 2.63. The summed E-state index contributed by atoms with van der Waals surface area (Å²) in [5.74, 6) is 0.446. The molecule has 1 saturated heterocycles. The average Bonchev–Trinajstić information content (AvgIpc) is 2.39. The molecule has 0 spiro atoms. The summed E-state index contributed by atoms with van der Waals surface area (Å²) in [6.45, 7) is 1.76. The molecule has 6 heteroatoms. The molecule has 0 amide bonds. The van der Waals surface area contributed by atoms with Gasteiger partial charge in [-0.2, -0.15) is 18.3 Å². The third-order valence-corrected chi connectivity index (χ3v) is 2.63. The van der Waals surface area contributed by atoms with Crippen molar-refractivity contribution in [1.82, 2.24) is 15.1 Å². The van der Waals surface area contributed by atoms with E-state index in [2.05, 4.69) is 10.4 Å². The zero-order valence-corrected chi connectivity index (χ0v) is 8.30. The molecule has 1 aromatic heterocycles. The second-order valence-corrected chi connectivity index (χ2v) is 3.87. The van der Waals surface area contributed by atoms with Gasteiger partial charge < -0.3 is 5.32 Å². The fourth-order valence-corrected chi connectivity index (χ4v) is 1.62. The molecule has 2 heterocycles. The minimum Gasteiger partial charge on any atom is -0.316 e. The van der Waals surface area contributed by atoms with Crippen molar-refractivity contribution in [3.8, 4) is 0 Å². The van der Waals surface area contributed by atoms with Crippen LogP contribution in [0.25, 0.3) is 0 Å². The molecule has 1 N–H and O–H groups in total. The fraction of sp³-hybridized carbons (Fsp3) is 0.667. The van der Waals surface area contributed by atoms with Crippen LogP contribution in [0.3, 0.4) is 0 Å². The minimum absolute atomic E-state index is 0.446. The van der Waals surface area contributed by atoms with Crippen molar-refractivity contribution >= 4 is 0 Å². The molecule has 1 fully saturated rings. The van der Waals surface area contributed by atoms with Crippen LogP contribution in [0.4, 0.5) is 13.2 Å². The van der Waals surface area contributed by atoms with Crippen LogP contribution in [-0.4, -0.2) is 22.9 Å². The molecule has 0 aliphatic carbocycles. The highest BCUT2D eigenvalue weighted by Gasteiger charge is 2.34. The van der Waals surface area contributed by atoms with Crippen LogP contribution in [0.1, 0.15) is 11.4 Å². The van der Waals surface area contributed by atoms with Crippen molar-refractivity contribution in [2.45, 2.75) is 12.6 Å². The minimum atomic E-state index is -4.34. The predicted octanol–water partition coefficient (Wildman–Crippen LogP) is 1.20.